The predicted octanol–water partition coefficient (Wildman–Crippen LogP) is 5.09. The van der Waals surface area contributed by atoms with Crippen LogP contribution in [0.5, 0.6) is 11.5 Å². The molecule has 126 valence electrons. The fourth-order valence-electron chi connectivity index (χ4n) is 2.84. The van der Waals surface area contributed by atoms with E-state index in [0.29, 0.717) is 19.3 Å². The zero-order valence-electron chi connectivity index (χ0n) is 13.5. The molecule has 0 bridgehead atoms. The summed E-state index contributed by atoms with van der Waals surface area (Å²) in [6.45, 7) is 6.15. The normalized spacial score (nSPS) is 15.2. The molecule has 0 unspecified atom stereocenters. The first kappa shape index (κ1) is 19.6. The minimum Gasteiger partial charge on any atom is -0.490 e. The summed E-state index contributed by atoms with van der Waals surface area (Å²) in [5, 5.41) is 3.67. The third-order valence-corrected chi connectivity index (χ3v) is 4.45. The summed E-state index contributed by atoms with van der Waals surface area (Å²) in [5.41, 5.74) is 1.24. The molecule has 1 aliphatic rings. The molecule has 1 N–H and O–H groups in total. The van der Waals surface area contributed by atoms with Gasteiger partial charge in [0.2, 0.25) is 0 Å². The molecule has 0 heterocycles. The van der Waals surface area contributed by atoms with Crippen LogP contribution in [0.15, 0.2) is 16.6 Å². The lowest BCUT2D eigenvalue weighted by atomic mass is 9.95. The standard InChI is InChI=1S/C17H26BrNO2.ClH/c1-3-20-16-11-13(10-15(18)17(16)21-4-2)12-19-14-8-6-5-7-9-14;/h10-11,14,19H,3-9,12H2,1-2H3;1H. The smallest absolute Gasteiger partial charge is 0.175 e. The van der Waals surface area contributed by atoms with E-state index in [-0.39, 0.29) is 12.4 Å². The monoisotopic (exact) mass is 391 g/mol. The summed E-state index contributed by atoms with van der Waals surface area (Å²) in [6.07, 6.45) is 6.71. The van der Waals surface area contributed by atoms with Crippen LogP contribution in [0.4, 0.5) is 0 Å². The highest BCUT2D eigenvalue weighted by atomic mass is 79.9. The van der Waals surface area contributed by atoms with Crippen LogP contribution in [-0.4, -0.2) is 19.3 Å². The Balaban J connectivity index is 0.00000242. The maximum atomic E-state index is 5.72. The average Bonchev–Trinajstić information content (AvgIpc) is 2.50. The fraction of sp³-hybridized carbons (Fsp3) is 0.647. The maximum absolute atomic E-state index is 5.72. The van der Waals surface area contributed by atoms with Gasteiger partial charge in [-0.1, -0.05) is 19.3 Å². The Morgan fingerprint density at radius 1 is 1.09 bits per heavy atom. The van der Waals surface area contributed by atoms with Gasteiger partial charge in [0.25, 0.3) is 0 Å². The van der Waals surface area contributed by atoms with Gasteiger partial charge in [-0.25, -0.2) is 0 Å². The van der Waals surface area contributed by atoms with Gasteiger partial charge >= 0.3 is 0 Å². The van der Waals surface area contributed by atoms with E-state index in [1.54, 1.807) is 0 Å². The molecule has 1 aliphatic carbocycles. The number of hydrogen-bond donors (Lipinski definition) is 1. The summed E-state index contributed by atoms with van der Waals surface area (Å²) in [4.78, 5) is 0. The minimum atomic E-state index is 0. The number of rotatable bonds is 7. The molecular formula is C17H27BrClNO2. The number of ether oxygens (including phenoxy) is 2. The van der Waals surface area contributed by atoms with Crippen LogP contribution in [-0.2, 0) is 6.54 Å². The van der Waals surface area contributed by atoms with Crippen molar-refractivity contribution in [2.24, 2.45) is 0 Å². The first-order valence-corrected chi connectivity index (χ1v) is 8.85. The number of hydrogen-bond acceptors (Lipinski definition) is 3. The average molecular weight is 393 g/mol. The highest BCUT2D eigenvalue weighted by Gasteiger charge is 2.15. The van der Waals surface area contributed by atoms with E-state index in [2.05, 4.69) is 33.4 Å². The van der Waals surface area contributed by atoms with Crippen molar-refractivity contribution in [1.82, 2.24) is 5.32 Å². The molecule has 2 rings (SSSR count). The van der Waals surface area contributed by atoms with E-state index in [1.807, 2.05) is 13.8 Å². The Bertz CT molecular complexity index is 451. The van der Waals surface area contributed by atoms with Gasteiger partial charge in [0, 0.05) is 12.6 Å². The molecule has 22 heavy (non-hydrogen) atoms. The molecule has 0 radical (unpaired) electrons. The van der Waals surface area contributed by atoms with Gasteiger partial charge in [0.15, 0.2) is 11.5 Å². The van der Waals surface area contributed by atoms with Gasteiger partial charge in [-0.3, -0.25) is 0 Å². The molecule has 0 saturated heterocycles. The van der Waals surface area contributed by atoms with Gasteiger partial charge in [0.1, 0.15) is 0 Å². The largest absolute Gasteiger partial charge is 0.490 e. The van der Waals surface area contributed by atoms with Crippen molar-refractivity contribution in [2.45, 2.75) is 58.5 Å². The van der Waals surface area contributed by atoms with Gasteiger partial charge < -0.3 is 14.8 Å². The van der Waals surface area contributed by atoms with E-state index in [0.717, 1.165) is 22.5 Å². The van der Waals surface area contributed by atoms with Crippen LogP contribution < -0.4 is 14.8 Å². The van der Waals surface area contributed by atoms with Crippen molar-refractivity contribution < 1.29 is 9.47 Å². The minimum absolute atomic E-state index is 0. The van der Waals surface area contributed by atoms with E-state index in [9.17, 15) is 0 Å². The summed E-state index contributed by atoms with van der Waals surface area (Å²) < 4.78 is 12.4. The van der Waals surface area contributed by atoms with Gasteiger partial charge in [0.05, 0.1) is 17.7 Å². The summed E-state index contributed by atoms with van der Waals surface area (Å²) in [5.74, 6) is 1.63. The summed E-state index contributed by atoms with van der Waals surface area (Å²) in [7, 11) is 0. The van der Waals surface area contributed by atoms with Crippen LogP contribution in [0, 0.1) is 0 Å². The zero-order valence-corrected chi connectivity index (χ0v) is 15.9. The van der Waals surface area contributed by atoms with Crippen molar-refractivity contribution in [2.75, 3.05) is 13.2 Å². The van der Waals surface area contributed by atoms with Crippen molar-refractivity contribution in [3.8, 4) is 11.5 Å². The molecule has 0 aromatic heterocycles. The lowest BCUT2D eigenvalue weighted by Crippen LogP contribution is -2.30. The Hall–Kier alpha value is -0.450. The third-order valence-electron chi connectivity index (χ3n) is 3.86. The molecule has 0 aliphatic heterocycles. The lowest BCUT2D eigenvalue weighted by Gasteiger charge is -2.23. The number of halogens is 2. The molecule has 1 fully saturated rings. The van der Waals surface area contributed by atoms with Crippen molar-refractivity contribution in [3.63, 3.8) is 0 Å². The van der Waals surface area contributed by atoms with Gasteiger partial charge in [-0.2, -0.15) is 0 Å². The van der Waals surface area contributed by atoms with Crippen molar-refractivity contribution in [3.05, 3.63) is 22.2 Å². The van der Waals surface area contributed by atoms with E-state index in [4.69, 9.17) is 9.47 Å². The molecule has 1 aromatic carbocycles. The Morgan fingerprint density at radius 3 is 2.41 bits per heavy atom. The molecule has 0 amide bonds. The first-order valence-electron chi connectivity index (χ1n) is 8.06. The molecule has 1 saturated carbocycles. The number of nitrogens with one attached hydrogen (secondary N) is 1. The topological polar surface area (TPSA) is 30.5 Å². The Kier molecular flexibility index (Phi) is 9.22. The molecule has 5 heteroatoms. The summed E-state index contributed by atoms with van der Waals surface area (Å²) in [6, 6.07) is 4.89. The van der Waals surface area contributed by atoms with Crippen LogP contribution in [0.2, 0.25) is 0 Å². The molecule has 1 aromatic rings. The molecule has 0 spiro atoms. The second-order valence-electron chi connectivity index (χ2n) is 5.49. The van der Waals surface area contributed by atoms with E-state index in [1.165, 1.54) is 37.7 Å². The third kappa shape index (κ3) is 5.64. The van der Waals surface area contributed by atoms with E-state index < -0.39 is 0 Å². The Labute approximate surface area is 148 Å². The zero-order chi connectivity index (χ0) is 15.1. The lowest BCUT2D eigenvalue weighted by molar-refractivity contribution is 0.285. The second kappa shape index (κ2) is 10.3. The second-order valence-corrected chi connectivity index (χ2v) is 6.34. The van der Waals surface area contributed by atoms with Crippen molar-refractivity contribution in [1.29, 1.82) is 0 Å². The van der Waals surface area contributed by atoms with Crippen LogP contribution in [0.3, 0.4) is 0 Å². The first-order chi connectivity index (χ1) is 10.2. The highest BCUT2D eigenvalue weighted by molar-refractivity contribution is 9.10. The quantitative estimate of drug-likeness (QED) is 0.701. The molecule has 0 atom stereocenters. The SMILES string of the molecule is CCOc1cc(CNC2CCCCC2)cc(Br)c1OCC.Cl. The van der Waals surface area contributed by atoms with E-state index >= 15 is 0 Å². The Morgan fingerprint density at radius 2 is 1.77 bits per heavy atom. The number of benzene rings is 1. The van der Waals surface area contributed by atoms with Crippen LogP contribution in [0.1, 0.15) is 51.5 Å². The van der Waals surface area contributed by atoms with Gasteiger partial charge in [-0.05, 0) is 60.3 Å². The molecule has 3 nitrogen and oxygen atoms in total. The predicted molar refractivity (Wildman–Crippen MR) is 97.4 cm³/mol. The van der Waals surface area contributed by atoms with Gasteiger partial charge in [-0.15, -0.1) is 12.4 Å². The van der Waals surface area contributed by atoms with Crippen LogP contribution >= 0.6 is 28.3 Å². The summed E-state index contributed by atoms with van der Waals surface area (Å²) >= 11 is 3.60. The van der Waals surface area contributed by atoms with Crippen molar-refractivity contribution >= 4 is 28.3 Å². The molecular weight excluding hydrogens is 366 g/mol. The maximum Gasteiger partial charge on any atom is 0.175 e. The highest BCUT2D eigenvalue weighted by Crippen LogP contribution is 2.37. The van der Waals surface area contributed by atoms with Crippen LogP contribution in [0.25, 0.3) is 0 Å². The fourth-order valence-corrected chi connectivity index (χ4v) is 3.44.